The summed E-state index contributed by atoms with van der Waals surface area (Å²) < 4.78 is 5.07. The monoisotopic (exact) mass is 278 g/mol. The lowest BCUT2D eigenvalue weighted by Crippen LogP contribution is -2.25. The first-order chi connectivity index (χ1) is 9.08. The van der Waals surface area contributed by atoms with Gasteiger partial charge in [0.05, 0.1) is 5.69 Å². The average Bonchev–Trinajstić information content (AvgIpc) is 2.71. The number of aryl methyl sites for hydroxylation is 2. The summed E-state index contributed by atoms with van der Waals surface area (Å²) in [7, 11) is 0. The Balaban J connectivity index is 1.89. The van der Waals surface area contributed by atoms with Crippen molar-refractivity contribution in [2.45, 2.75) is 20.3 Å². The minimum Gasteiger partial charge on any atom is -0.361 e. The lowest BCUT2D eigenvalue weighted by Gasteiger charge is -2.05. The molecule has 0 atom stereocenters. The van der Waals surface area contributed by atoms with E-state index in [-0.39, 0.29) is 5.91 Å². The summed E-state index contributed by atoms with van der Waals surface area (Å²) in [6.07, 6.45) is 0.709. The van der Waals surface area contributed by atoms with Crippen molar-refractivity contribution in [3.05, 3.63) is 51.9 Å². The fourth-order valence-corrected chi connectivity index (χ4v) is 1.99. The van der Waals surface area contributed by atoms with Crippen LogP contribution < -0.4 is 5.32 Å². The highest BCUT2D eigenvalue weighted by molar-refractivity contribution is 6.30. The van der Waals surface area contributed by atoms with Gasteiger partial charge in [0.1, 0.15) is 5.76 Å². The van der Waals surface area contributed by atoms with Crippen LogP contribution in [0.2, 0.25) is 5.02 Å². The van der Waals surface area contributed by atoms with Crippen molar-refractivity contribution in [1.82, 2.24) is 10.5 Å². The van der Waals surface area contributed by atoms with E-state index < -0.39 is 0 Å². The van der Waals surface area contributed by atoms with E-state index in [1.165, 1.54) is 0 Å². The Hall–Kier alpha value is -1.81. The minimum atomic E-state index is -0.108. The first-order valence-electron chi connectivity index (χ1n) is 6.03. The molecule has 0 aliphatic rings. The maximum absolute atomic E-state index is 11.9. The van der Waals surface area contributed by atoms with Crippen LogP contribution in [0.1, 0.15) is 27.4 Å². The third kappa shape index (κ3) is 3.35. The van der Waals surface area contributed by atoms with Crippen LogP contribution in [0.15, 0.2) is 28.8 Å². The van der Waals surface area contributed by atoms with Crippen molar-refractivity contribution in [1.29, 1.82) is 0 Å². The maximum atomic E-state index is 11.9. The molecule has 0 saturated heterocycles. The second-order valence-corrected chi connectivity index (χ2v) is 4.75. The summed E-state index contributed by atoms with van der Waals surface area (Å²) in [6, 6.07) is 6.80. The van der Waals surface area contributed by atoms with Gasteiger partial charge in [-0.15, -0.1) is 0 Å². The van der Waals surface area contributed by atoms with Crippen LogP contribution in [0, 0.1) is 13.8 Å². The van der Waals surface area contributed by atoms with E-state index in [1.807, 2.05) is 13.8 Å². The van der Waals surface area contributed by atoms with Gasteiger partial charge in [0, 0.05) is 22.7 Å². The summed E-state index contributed by atoms with van der Waals surface area (Å²) >= 11 is 5.77. The van der Waals surface area contributed by atoms with Gasteiger partial charge in [0.2, 0.25) is 0 Å². The standard InChI is InChI=1S/C14H15ClN2O2/c1-9-13(10(2)19-17-9)7-8-16-14(18)11-3-5-12(15)6-4-11/h3-6H,7-8H2,1-2H3,(H,16,18). The van der Waals surface area contributed by atoms with Crippen LogP contribution in [-0.4, -0.2) is 17.6 Å². The average molecular weight is 279 g/mol. The number of carbonyl (C=O) groups excluding carboxylic acids is 1. The van der Waals surface area contributed by atoms with E-state index >= 15 is 0 Å². The summed E-state index contributed by atoms with van der Waals surface area (Å²) in [5, 5.41) is 7.36. The maximum Gasteiger partial charge on any atom is 0.251 e. The molecule has 1 aromatic carbocycles. The molecule has 0 spiro atoms. The molecular weight excluding hydrogens is 264 g/mol. The molecule has 1 aromatic heterocycles. The van der Waals surface area contributed by atoms with Crippen molar-refractivity contribution in [3.8, 4) is 0 Å². The van der Waals surface area contributed by atoms with Crippen LogP contribution in [0.4, 0.5) is 0 Å². The number of aromatic nitrogens is 1. The molecule has 1 amide bonds. The lowest BCUT2D eigenvalue weighted by molar-refractivity contribution is 0.0954. The van der Waals surface area contributed by atoms with Gasteiger partial charge in [-0.25, -0.2) is 0 Å². The van der Waals surface area contributed by atoms with Gasteiger partial charge in [0.15, 0.2) is 0 Å². The first-order valence-corrected chi connectivity index (χ1v) is 6.41. The zero-order valence-electron chi connectivity index (χ0n) is 10.9. The normalized spacial score (nSPS) is 10.5. The Labute approximate surface area is 116 Å². The predicted octanol–water partition coefficient (Wildman–Crippen LogP) is 2.92. The molecule has 1 N–H and O–H groups in total. The minimum absolute atomic E-state index is 0.108. The lowest BCUT2D eigenvalue weighted by atomic mass is 10.1. The van der Waals surface area contributed by atoms with Crippen LogP contribution in [0.3, 0.4) is 0 Å². The summed E-state index contributed by atoms with van der Waals surface area (Å²) in [5.74, 6) is 0.696. The molecule has 0 aliphatic heterocycles. The van der Waals surface area contributed by atoms with E-state index in [2.05, 4.69) is 10.5 Å². The quantitative estimate of drug-likeness (QED) is 0.935. The van der Waals surface area contributed by atoms with Crippen LogP contribution in [0.5, 0.6) is 0 Å². The van der Waals surface area contributed by atoms with E-state index in [1.54, 1.807) is 24.3 Å². The topological polar surface area (TPSA) is 55.1 Å². The Kier molecular flexibility index (Phi) is 4.22. The number of halogens is 1. The number of benzene rings is 1. The molecule has 0 bridgehead atoms. The van der Waals surface area contributed by atoms with Gasteiger partial charge < -0.3 is 9.84 Å². The highest BCUT2D eigenvalue weighted by atomic mass is 35.5. The molecule has 5 heteroatoms. The number of rotatable bonds is 4. The van der Waals surface area contributed by atoms with Gasteiger partial charge >= 0.3 is 0 Å². The third-order valence-electron chi connectivity index (χ3n) is 2.95. The summed E-state index contributed by atoms with van der Waals surface area (Å²) in [5.41, 5.74) is 2.53. The molecule has 1 heterocycles. The molecule has 2 aromatic rings. The van der Waals surface area contributed by atoms with Crippen molar-refractivity contribution in [3.63, 3.8) is 0 Å². The number of hydrogen-bond donors (Lipinski definition) is 1. The number of nitrogens with one attached hydrogen (secondary N) is 1. The fraction of sp³-hybridized carbons (Fsp3) is 0.286. The van der Waals surface area contributed by atoms with Crippen molar-refractivity contribution in [2.24, 2.45) is 0 Å². The second-order valence-electron chi connectivity index (χ2n) is 4.32. The van der Waals surface area contributed by atoms with Crippen LogP contribution in [-0.2, 0) is 6.42 Å². The summed E-state index contributed by atoms with van der Waals surface area (Å²) in [4.78, 5) is 11.9. The molecule has 19 heavy (non-hydrogen) atoms. The first kappa shape index (κ1) is 13.6. The van der Waals surface area contributed by atoms with Crippen LogP contribution in [0.25, 0.3) is 0 Å². The highest BCUT2D eigenvalue weighted by Gasteiger charge is 2.09. The number of hydrogen-bond acceptors (Lipinski definition) is 3. The van der Waals surface area contributed by atoms with E-state index in [4.69, 9.17) is 16.1 Å². The Morgan fingerprint density at radius 3 is 2.58 bits per heavy atom. The van der Waals surface area contributed by atoms with E-state index in [0.29, 0.717) is 23.6 Å². The molecule has 0 fully saturated rings. The van der Waals surface area contributed by atoms with Gasteiger partial charge in [-0.2, -0.15) is 0 Å². The Bertz CT molecular complexity index is 556. The fourth-order valence-electron chi connectivity index (χ4n) is 1.86. The smallest absolute Gasteiger partial charge is 0.251 e. The molecule has 0 unspecified atom stereocenters. The molecule has 0 saturated carbocycles. The van der Waals surface area contributed by atoms with Crippen molar-refractivity contribution >= 4 is 17.5 Å². The van der Waals surface area contributed by atoms with Gasteiger partial charge in [-0.1, -0.05) is 16.8 Å². The highest BCUT2D eigenvalue weighted by Crippen LogP contribution is 2.12. The van der Waals surface area contributed by atoms with Crippen molar-refractivity contribution in [2.75, 3.05) is 6.54 Å². The summed E-state index contributed by atoms with van der Waals surface area (Å²) in [6.45, 7) is 4.31. The molecular formula is C14H15ClN2O2. The van der Waals surface area contributed by atoms with Gasteiger partial charge in [0.25, 0.3) is 5.91 Å². The zero-order chi connectivity index (χ0) is 13.8. The van der Waals surface area contributed by atoms with Crippen LogP contribution >= 0.6 is 11.6 Å². The third-order valence-corrected chi connectivity index (χ3v) is 3.20. The molecule has 4 nitrogen and oxygen atoms in total. The van der Waals surface area contributed by atoms with Gasteiger partial charge in [-0.05, 0) is 44.5 Å². The van der Waals surface area contributed by atoms with E-state index in [0.717, 1.165) is 17.0 Å². The number of nitrogens with zero attached hydrogens (tertiary/aromatic N) is 1. The van der Waals surface area contributed by atoms with Crippen molar-refractivity contribution < 1.29 is 9.32 Å². The second kappa shape index (κ2) is 5.89. The Morgan fingerprint density at radius 1 is 1.32 bits per heavy atom. The molecule has 0 radical (unpaired) electrons. The predicted molar refractivity (Wildman–Crippen MR) is 73.5 cm³/mol. The molecule has 0 aliphatic carbocycles. The molecule has 100 valence electrons. The molecule has 2 rings (SSSR count). The largest absolute Gasteiger partial charge is 0.361 e. The van der Waals surface area contributed by atoms with Gasteiger partial charge in [-0.3, -0.25) is 4.79 Å². The number of carbonyl (C=O) groups is 1. The SMILES string of the molecule is Cc1noc(C)c1CCNC(=O)c1ccc(Cl)cc1. The number of amides is 1. The zero-order valence-corrected chi connectivity index (χ0v) is 11.6. The van der Waals surface area contributed by atoms with E-state index in [9.17, 15) is 4.79 Å². The Morgan fingerprint density at radius 2 is 2.00 bits per heavy atom.